The van der Waals surface area contributed by atoms with Crippen molar-refractivity contribution in [1.29, 1.82) is 0 Å². The third-order valence-electron chi connectivity index (χ3n) is 9.09. The maximum absolute atomic E-state index is 12.2. The topological polar surface area (TPSA) is 49.8 Å². The first-order chi connectivity index (χ1) is 19.8. The molecule has 0 amide bonds. The van der Waals surface area contributed by atoms with Gasteiger partial charge >= 0.3 is 0 Å². The summed E-state index contributed by atoms with van der Waals surface area (Å²) in [6.07, 6.45) is 26.7. The Morgan fingerprint density at radius 3 is 1.12 bits per heavy atom. The van der Waals surface area contributed by atoms with Crippen molar-refractivity contribution < 1.29 is 14.4 Å². The van der Waals surface area contributed by atoms with Crippen LogP contribution in [-0.2, 0) is 4.79 Å². The van der Waals surface area contributed by atoms with Crippen LogP contribution >= 0.6 is 0 Å². The standard InChI is InChI=1S/C35H72N4O2/c1-6-8-10-12-14-16-18-20-22-24-26-36-28-29-37(27-25-23-21-19-17-15-13-11-9-7-2)31-33-38(32-30-36)34(35(40)41)39(3,4)5/h34H,6-33H2,1-5H3. The molecule has 1 saturated heterocycles. The molecule has 6 nitrogen and oxygen atoms in total. The van der Waals surface area contributed by atoms with E-state index >= 15 is 0 Å². The largest absolute Gasteiger partial charge is 0.543 e. The van der Waals surface area contributed by atoms with Crippen molar-refractivity contribution in [3.8, 4) is 0 Å². The van der Waals surface area contributed by atoms with Crippen molar-refractivity contribution in [1.82, 2.24) is 14.7 Å². The van der Waals surface area contributed by atoms with E-state index in [1.165, 1.54) is 128 Å². The zero-order chi connectivity index (χ0) is 30.2. The van der Waals surface area contributed by atoms with Crippen LogP contribution in [0.25, 0.3) is 0 Å². The van der Waals surface area contributed by atoms with E-state index in [0.29, 0.717) is 4.48 Å². The normalized spacial score (nSPS) is 17.3. The maximum atomic E-state index is 12.2. The molecule has 1 fully saturated rings. The molecule has 0 bridgehead atoms. The van der Waals surface area contributed by atoms with Gasteiger partial charge in [-0.2, -0.15) is 0 Å². The molecule has 6 heteroatoms. The number of unbranched alkanes of at least 4 members (excludes halogenated alkanes) is 18. The van der Waals surface area contributed by atoms with Gasteiger partial charge in [0.15, 0.2) is 6.17 Å². The minimum absolute atomic E-state index is 0.374. The van der Waals surface area contributed by atoms with E-state index in [1.807, 2.05) is 21.1 Å². The van der Waals surface area contributed by atoms with Gasteiger partial charge < -0.3 is 24.2 Å². The summed E-state index contributed by atoms with van der Waals surface area (Å²) in [6.45, 7) is 12.6. The lowest BCUT2D eigenvalue weighted by atomic mass is 10.1. The average Bonchev–Trinajstić information content (AvgIpc) is 3.01. The molecule has 1 aliphatic heterocycles. The summed E-state index contributed by atoms with van der Waals surface area (Å²) in [5, 5.41) is 12.2. The van der Waals surface area contributed by atoms with Crippen LogP contribution in [0.1, 0.15) is 142 Å². The second kappa shape index (κ2) is 24.7. The molecule has 1 atom stereocenters. The molecule has 1 heterocycles. The van der Waals surface area contributed by atoms with E-state index in [9.17, 15) is 9.90 Å². The number of carbonyl (C=O) groups excluding carboxylic acids is 1. The molecule has 1 rings (SSSR count). The van der Waals surface area contributed by atoms with Crippen LogP contribution in [0.2, 0.25) is 0 Å². The minimum atomic E-state index is -0.945. The van der Waals surface area contributed by atoms with E-state index < -0.39 is 12.1 Å². The van der Waals surface area contributed by atoms with Gasteiger partial charge in [0.05, 0.1) is 21.1 Å². The van der Waals surface area contributed by atoms with Crippen LogP contribution in [0.4, 0.5) is 0 Å². The summed E-state index contributed by atoms with van der Waals surface area (Å²) < 4.78 is 0.374. The molecule has 244 valence electrons. The number of carboxylic acids is 1. The number of hydrogen-bond acceptors (Lipinski definition) is 5. The molecule has 0 aromatic rings. The lowest BCUT2D eigenvalue weighted by Gasteiger charge is -2.42. The molecular formula is C35H72N4O2. The second-order valence-electron chi connectivity index (χ2n) is 13.9. The summed E-state index contributed by atoms with van der Waals surface area (Å²) in [6, 6.07) is 0. The molecule has 41 heavy (non-hydrogen) atoms. The predicted molar refractivity (Wildman–Crippen MR) is 175 cm³/mol. The van der Waals surface area contributed by atoms with Gasteiger partial charge in [0.1, 0.15) is 5.97 Å². The first-order valence-corrected chi connectivity index (χ1v) is 18.0. The molecule has 1 aliphatic rings. The number of quaternary nitrogens is 1. The molecular weight excluding hydrogens is 508 g/mol. The fourth-order valence-electron chi connectivity index (χ4n) is 6.45. The first kappa shape index (κ1) is 38.3. The monoisotopic (exact) mass is 581 g/mol. The summed E-state index contributed by atoms with van der Waals surface area (Å²) in [4.78, 5) is 19.6. The molecule has 0 aromatic heterocycles. The van der Waals surface area contributed by atoms with Crippen LogP contribution < -0.4 is 5.11 Å². The highest BCUT2D eigenvalue weighted by atomic mass is 16.4. The van der Waals surface area contributed by atoms with Crippen molar-refractivity contribution in [3.05, 3.63) is 0 Å². The average molecular weight is 581 g/mol. The Bertz CT molecular complexity index is 573. The maximum Gasteiger partial charge on any atom is 0.185 e. The van der Waals surface area contributed by atoms with Gasteiger partial charge in [-0.25, -0.2) is 4.90 Å². The molecule has 0 spiro atoms. The van der Waals surface area contributed by atoms with Crippen molar-refractivity contribution >= 4 is 5.97 Å². The quantitative estimate of drug-likeness (QED) is 0.0908. The highest BCUT2D eigenvalue weighted by Crippen LogP contribution is 2.15. The lowest BCUT2D eigenvalue weighted by molar-refractivity contribution is -0.901. The number of rotatable bonds is 25. The van der Waals surface area contributed by atoms with E-state index in [-0.39, 0.29) is 0 Å². The fourth-order valence-corrected chi connectivity index (χ4v) is 6.45. The Kier molecular flexibility index (Phi) is 23.1. The summed E-state index contributed by atoms with van der Waals surface area (Å²) in [5.74, 6) is -0.945. The van der Waals surface area contributed by atoms with E-state index in [0.717, 1.165) is 52.4 Å². The van der Waals surface area contributed by atoms with Gasteiger partial charge in [-0.3, -0.25) is 0 Å². The Morgan fingerprint density at radius 2 is 0.829 bits per heavy atom. The molecule has 0 N–H and O–H groups in total. The van der Waals surface area contributed by atoms with Crippen LogP contribution in [-0.4, -0.2) is 105 Å². The Morgan fingerprint density at radius 1 is 0.537 bits per heavy atom. The molecule has 0 aromatic carbocycles. The van der Waals surface area contributed by atoms with Crippen molar-refractivity contribution in [2.24, 2.45) is 0 Å². The summed E-state index contributed by atoms with van der Waals surface area (Å²) in [5.41, 5.74) is 0. The molecule has 1 unspecified atom stereocenters. The zero-order valence-corrected chi connectivity index (χ0v) is 28.5. The van der Waals surface area contributed by atoms with Gasteiger partial charge in [0, 0.05) is 39.3 Å². The van der Waals surface area contributed by atoms with Crippen LogP contribution in [0, 0.1) is 0 Å². The SMILES string of the molecule is CCCCCCCCCCCCN1CCN(CCCCCCCCCCCC)CCN(C(C(=O)[O-])[N+](C)(C)C)CC1. The Hall–Kier alpha value is -0.690. The van der Waals surface area contributed by atoms with E-state index in [2.05, 4.69) is 28.5 Å². The van der Waals surface area contributed by atoms with Crippen molar-refractivity contribution in [2.75, 3.05) is 73.5 Å². The van der Waals surface area contributed by atoms with Crippen molar-refractivity contribution in [2.45, 2.75) is 148 Å². The summed E-state index contributed by atoms with van der Waals surface area (Å²) in [7, 11) is 5.95. The van der Waals surface area contributed by atoms with E-state index in [1.54, 1.807) is 0 Å². The fraction of sp³-hybridized carbons (Fsp3) is 0.971. The number of hydrogen-bond donors (Lipinski definition) is 0. The number of nitrogens with zero attached hydrogens (tertiary/aromatic N) is 4. The van der Waals surface area contributed by atoms with Gasteiger partial charge in [0.2, 0.25) is 0 Å². The highest BCUT2D eigenvalue weighted by molar-refractivity contribution is 5.69. The first-order valence-electron chi connectivity index (χ1n) is 18.0. The number of carbonyl (C=O) groups is 1. The van der Waals surface area contributed by atoms with Gasteiger partial charge in [-0.05, 0) is 25.9 Å². The second-order valence-corrected chi connectivity index (χ2v) is 13.9. The van der Waals surface area contributed by atoms with Crippen LogP contribution in [0.5, 0.6) is 0 Å². The molecule has 0 aliphatic carbocycles. The smallest absolute Gasteiger partial charge is 0.185 e. The number of carboxylic acid groups (broad SMARTS) is 1. The van der Waals surface area contributed by atoms with Crippen molar-refractivity contribution in [3.63, 3.8) is 0 Å². The Balaban J connectivity index is 2.50. The van der Waals surface area contributed by atoms with Crippen LogP contribution in [0.3, 0.4) is 0 Å². The lowest BCUT2D eigenvalue weighted by Crippen LogP contribution is -2.64. The molecule has 0 saturated carbocycles. The van der Waals surface area contributed by atoms with Crippen LogP contribution in [0.15, 0.2) is 0 Å². The number of likely N-dealkylation sites (N-methyl/N-ethyl adjacent to an activating group) is 1. The van der Waals surface area contributed by atoms with Gasteiger partial charge in [-0.1, -0.05) is 129 Å². The third-order valence-corrected chi connectivity index (χ3v) is 9.09. The minimum Gasteiger partial charge on any atom is -0.543 e. The third kappa shape index (κ3) is 20.0. The Labute approximate surface area is 256 Å². The number of aliphatic carboxylic acids is 1. The van der Waals surface area contributed by atoms with Gasteiger partial charge in [-0.15, -0.1) is 0 Å². The predicted octanol–water partition coefficient (Wildman–Crippen LogP) is 6.53. The zero-order valence-electron chi connectivity index (χ0n) is 28.5. The molecule has 0 radical (unpaired) electrons. The van der Waals surface area contributed by atoms with Gasteiger partial charge in [0.25, 0.3) is 0 Å². The summed E-state index contributed by atoms with van der Waals surface area (Å²) >= 11 is 0. The van der Waals surface area contributed by atoms with E-state index in [4.69, 9.17) is 0 Å². The highest BCUT2D eigenvalue weighted by Gasteiger charge is 2.32.